The predicted molar refractivity (Wildman–Crippen MR) is 82.8 cm³/mol. The lowest BCUT2D eigenvalue weighted by Gasteiger charge is -2.04. The molecule has 0 unspecified atom stereocenters. The zero-order valence-electron chi connectivity index (χ0n) is 9.51. The molecule has 0 aliphatic rings. The number of thioether (sulfide) groups is 1. The molecular formula is C10H9Cl2N3OS3. The average molecular weight is 354 g/mol. The van der Waals surface area contributed by atoms with Gasteiger partial charge in [-0.2, -0.15) is 0 Å². The first-order valence-corrected chi connectivity index (χ1v) is 8.99. The molecule has 102 valence electrons. The standard InChI is InChI=1S/C10H9Cl2N3OS3/c11-6-1-2-7(12)8(5-6)19(16)4-3-17-10-15-14-9(13)18-10/h1-2,5H,3-4H2,(H2,13,14)/t19-/m0/s1. The Morgan fingerprint density at radius 2 is 2.16 bits per heavy atom. The van der Waals surface area contributed by atoms with Gasteiger partial charge in [0.05, 0.1) is 20.7 Å². The van der Waals surface area contributed by atoms with Crippen LogP contribution in [-0.4, -0.2) is 25.9 Å². The summed E-state index contributed by atoms with van der Waals surface area (Å²) >= 11 is 14.6. The molecule has 0 aliphatic heterocycles. The second-order valence-electron chi connectivity index (χ2n) is 3.38. The van der Waals surface area contributed by atoms with Crippen LogP contribution in [0.3, 0.4) is 0 Å². The van der Waals surface area contributed by atoms with Crippen LogP contribution in [-0.2, 0) is 10.8 Å². The largest absolute Gasteiger partial charge is 0.374 e. The third-order valence-corrected chi connectivity index (χ3v) is 6.28. The first-order valence-electron chi connectivity index (χ1n) is 5.11. The number of anilines is 1. The first-order chi connectivity index (χ1) is 9.06. The van der Waals surface area contributed by atoms with Gasteiger partial charge in [0, 0.05) is 16.5 Å². The Morgan fingerprint density at radius 3 is 2.84 bits per heavy atom. The van der Waals surface area contributed by atoms with Gasteiger partial charge in [-0.1, -0.05) is 46.3 Å². The summed E-state index contributed by atoms with van der Waals surface area (Å²) in [5.74, 6) is 1.11. The molecule has 0 spiro atoms. The van der Waals surface area contributed by atoms with Crippen LogP contribution in [0.15, 0.2) is 27.4 Å². The van der Waals surface area contributed by atoms with E-state index >= 15 is 0 Å². The maximum atomic E-state index is 12.1. The maximum absolute atomic E-state index is 12.1. The Bertz CT molecular complexity index is 605. The molecule has 1 aromatic heterocycles. The summed E-state index contributed by atoms with van der Waals surface area (Å²) in [7, 11) is -1.18. The molecule has 2 N–H and O–H groups in total. The van der Waals surface area contributed by atoms with Crippen molar-refractivity contribution in [1.82, 2.24) is 10.2 Å². The van der Waals surface area contributed by atoms with E-state index < -0.39 is 10.8 Å². The molecule has 0 radical (unpaired) electrons. The molecule has 0 bridgehead atoms. The van der Waals surface area contributed by atoms with Gasteiger partial charge in [-0.05, 0) is 18.2 Å². The van der Waals surface area contributed by atoms with Crippen molar-refractivity contribution in [3.8, 4) is 0 Å². The number of nitrogens with two attached hydrogens (primary N) is 1. The molecule has 0 amide bonds. The van der Waals surface area contributed by atoms with Crippen molar-refractivity contribution in [1.29, 1.82) is 0 Å². The molecule has 4 nitrogen and oxygen atoms in total. The van der Waals surface area contributed by atoms with Gasteiger partial charge in [0.1, 0.15) is 0 Å². The van der Waals surface area contributed by atoms with Crippen molar-refractivity contribution in [2.24, 2.45) is 0 Å². The number of hydrogen-bond donors (Lipinski definition) is 1. The quantitative estimate of drug-likeness (QED) is 0.834. The van der Waals surface area contributed by atoms with E-state index in [4.69, 9.17) is 28.9 Å². The Balaban J connectivity index is 1.92. The van der Waals surface area contributed by atoms with E-state index in [-0.39, 0.29) is 0 Å². The van der Waals surface area contributed by atoms with Crippen LogP contribution in [0.5, 0.6) is 0 Å². The summed E-state index contributed by atoms with van der Waals surface area (Å²) in [4.78, 5) is 0.562. The Labute approximate surface area is 131 Å². The molecule has 0 saturated heterocycles. The summed E-state index contributed by atoms with van der Waals surface area (Å²) in [5.41, 5.74) is 5.48. The topological polar surface area (TPSA) is 68.9 Å². The van der Waals surface area contributed by atoms with Gasteiger partial charge >= 0.3 is 0 Å². The van der Waals surface area contributed by atoms with Gasteiger partial charge in [-0.3, -0.25) is 4.21 Å². The van der Waals surface area contributed by atoms with Gasteiger partial charge in [0.25, 0.3) is 0 Å². The van der Waals surface area contributed by atoms with E-state index in [1.54, 1.807) is 18.2 Å². The monoisotopic (exact) mass is 353 g/mol. The van der Waals surface area contributed by atoms with Gasteiger partial charge in [0.2, 0.25) is 5.13 Å². The SMILES string of the molecule is Nc1nnc(SCC[S@](=O)c2cc(Cl)ccc2Cl)s1. The minimum absolute atomic E-state index is 0.432. The van der Waals surface area contributed by atoms with Crippen molar-refractivity contribution in [3.63, 3.8) is 0 Å². The average Bonchev–Trinajstić information content (AvgIpc) is 2.78. The normalized spacial score (nSPS) is 12.5. The Morgan fingerprint density at radius 1 is 1.37 bits per heavy atom. The maximum Gasteiger partial charge on any atom is 0.203 e. The Hall–Kier alpha value is -0.340. The highest BCUT2D eigenvalue weighted by Gasteiger charge is 2.10. The van der Waals surface area contributed by atoms with Gasteiger partial charge in [-0.15, -0.1) is 10.2 Å². The number of rotatable bonds is 5. The highest BCUT2D eigenvalue weighted by Crippen LogP contribution is 2.26. The zero-order valence-corrected chi connectivity index (χ0v) is 13.5. The Kier molecular flexibility index (Phi) is 5.47. The second kappa shape index (κ2) is 6.90. The molecule has 0 fully saturated rings. The molecule has 9 heteroatoms. The smallest absolute Gasteiger partial charge is 0.203 e. The van der Waals surface area contributed by atoms with Crippen molar-refractivity contribution >= 4 is 62.2 Å². The molecule has 2 aromatic rings. The fourth-order valence-corrected chi connectivity index (χ4v) is 4.92. The summed E-state index contributed by atoms with van der Waals surface area (Å²) in [6, 6.07) is 4.95. The van der Waals surface area contributed by atoms with E-state index in [1.165, 1.54) is 23.1 Å². The third kappa shape index (κ3) is 4.32. The first kappa shape index (κ1) is 15.1. The van der Waals surface area contributed by atoms with Gasteiger partial charge in [0.15, 0.2) is 4.34 Å². The lowest BCUT2D eigenvalue weighted by atomic mass is 10.4. The molecule has 19 heavy (non-hydrogen) atoms. The van der Waals surface area contributed by atoms with Crippen molar-refractivity contribution in [2.45, 2.75) is 9.24 Å². The summed E-state index contributed by atoms with van der Waals surface area (Å²) in [6.07, 6.45) is 0. The minimum Gasteiger partial charge on any atom is -0.374 e. The van der Waals surface area contributed by atoms with Crippen LogP contribution in [0.2, 0.25) is 10.0 Å². The van der Waals surface area contributed by atoms with E-state index in [9.17, 15) is 4.21 Å². The van der Waals surface area contributed by atoms with E-state index in [0.717, 1.165) is 4.34 Å². The van der Waals surface area contributed by atoms with Crippen LogP contribution in [0.4, 0.5) is 5.13 Å². The number of aromatic nitrogens is 2. The van der Waals surface area contributed by atoms with Crippen LogP contribution in [0.1, 0.15) is 0 Å². The molecule has 0 aliphatic carbocycles. The van der Waals surface area contributed by atoms with Crippen molar-refractivity contribution in [2.75, 3.05) is 17.2 Å². The summed E-state index contributed by atoms with van der Waals surface area (Å²) in [6.45, 7) is 0. The van der Waals surface area contributed by atoms with Crippen LogP contribution >= 0.6 is 46.3 Å². The van der Waals surface area contributed by atoms with Crippen LogP contribution < -0.4 is 5.73 Å². The minimum atomic E-state index is -1.18. The lowest BCUT2D eigenvalue weighted by Crippen LogP contribution is -2.01. The number of nitrogens with zero attached hydrogens (tertiary/aromatic N) is 2. The number of halogens is 2. The molecule has 1 heterocycles. The molecule has 1 aromatic carbocycles. The fraction of sp³-hybridized carbons (Fsp3) is 0.200. The van der Waals surface area contributed by atoms with Gasteiger partial charge in [-0.25, -0.2) is 0 Å². The number of benzene rings is 1. The lowest BCUT2D eigenvalue weighted by molar-refractivity contribution is 0.684. The predicted octanol–water partition coefficient (Wildman–Crippen LogP) is 3.33. The molecule has 1 atom stereocenters. The highest BCUT2D eigenvalue weighted by molar-refractivity contribution is 8.01. The van der Waals surface area contributed by atoms with Crippen molar-refractivity contribution in [3.05, 3.63) is 28.2 Å². The van der Waals surface area contributed by atoms with E-state index in [0.29, 0.717) is 31.6 Å². The summed E-state index contributed by atoms with van der Waals surface area (Å²) < 4.78 is 12.9. The van der Waals surface area contributed by atoms with Crippen molar-refractivity contribution < 1.29 is 4.21 Å². The zero-order chi connectivity index (χ0) is 13.8. The van der Waals surface area contributed by atoms with E-state index in [1.807, 2.05) is 0 Å². The van der Waals surface area contributed by atoms with Gasteiger partial charge < -0.3 is 5.73 Å². The van der Waals surface area contributed by atoms with Crippen LogP contribution in [0.25, 0.3) is 0 Å². The number of nitrogen functional groups attached to an aromatic ring is 1. The molecule has 2 rings (SSSR count). The third-order valence-electron chi connectivity index (χ3n) is 2.05. The fourth-order valence-electron chi connectivity index (χ4n) is 1.25. The van der Waals surface area contributed by atoms with E-state index in [2.05, 4.69) is 10.2 Å². The highest BCUT2D eigenvalue weighted by atomic mass is 35.5. The summed E-state index contributed by atoms with van der Waals surface area (Å²) in [5, 5.41) is 9.01. The molecular weight excluding hydrogens is 345 g/mol. The van der Waals surface area contributed by atoms with Crippen LogP contribution in [0, 0.1) is 0 Å². The second-order valence-corrected chi connectivity index (χ2v) is 8.11. The molecule has 0 saturated carbocycles. The number of hydrogen-bond acceptors (Lipinski definition) is 6.